The van der Waals surface area contributed by atoms with Gasteiger partial charge in [-0.05, 0) is 79.3 Å². The van der Waals surface area contributed by atoms with E-state index in [1.165, 1.54) is 0 Å². The zero-order valence-electron chi connectivity index (χ0n) is 18.1. The molecule has 0 aromatic carbocycles. The molecule has 1 amide bonds. The highest BCUT2D eigenvalue weighted by Crippen LogP contribution is 2.57. The molecule has 166 valence electrons. The number of likely N-dealkylation sites (tertiary alicyclic amines) is 1. The first-order valence-corrected chi connectivity index (χ1v) is 11.4. The Balaban J connectivity index is 2.00. The van der Waals surface area contributed by atoms with Gasteiger partial charge in [0, 0.05) is 20.1 Å². The van der Waals surface area contributed by atoms with Crippen molar-refractivity contribution in [2.45, 2.75) is 82.4 Å². The average Bonchev–Trinajstić information content (AvgIpc) is 3.38. The molecule has 9 heteroatoms. The van der Waals surface area contributed by atoms with Gasteiger partial charge in [0.25, 0.3) is 0 Å². The molecule has 3 aliphatic rings. The number of rotatable bonds is 3. The number of carbonyl (C=O) groups is 1. The van der Waals surface area contributed by atoms with Gasteiger partial charge in [0.05, 0.1) is 21.6 Å². The average molecular weight is 541 g/mol. The Hall–Kier alpha value is -0.190. The first-order chi connectivity index (χ1) is 13.3. The number of methoxy groups -OCH3 is 2. The lowest BCUT2D eigenvalue weighted by atomic mass is 9.81. The minimum absolute atomic E-state index is 0.113. The number of nitrogens with zero attached hydrogens (tertiary/aromatic N) is 1. The van der Waals surface area contributed by atoms with Gasteiger partial charge < -0.3 is 23.7 Å². The number of fused-ring (bicyclic) bond motifs is 1. The van der Waals surface area contributed by atoms with Crippen LogP contribution in [-0.4, -0.2) is 66.7 Å². The minimum Gasteiger partial charge on any atom is -0.444 e. The van der Waals surface area contributed by atoms with E-state index in [9.17, 15) is 4.79 Å². The third-order valence-corrected chi connectivity index (χ3v) is 6.79. The lowest BCUT2D eigenvalue weighted by Gasteiger charge is -2.58. The summed E-state index contributed by atoms with van der Waals surface area (Å²) in [6.07, 6.45) is 2.74. The van der Waals surface area contributed by atoms with Crippen LogP contribution in [0.2, 0.25) is 0 Å². The molecule has 0 aromatic heterocycles. The van der Waals surface area contributed by atoms with Crippen molar-refractivity contribution in [3.8, 4) is 0 Å². The molecule has 2 heterocycles. The maximum Gasteiger partial charge on any atom is 0.410 e. The largest absolute Gasteiger partial charge is 0.444 e. The summed E-state index contributed by atoms with van der Waals surface area (Å²) in [6, 6.07) is 0. The molecule has 2 aliphatic heterocycles. The summed E-state index contributed by atoms with van der Waals surface area (Å²) in [5.74, 6) is -2.34. The molecule has 0 bridgehead atoms. The van der Waals surface area contributed by atoms with E-state index >= 15 is 0 Å². The lowest BCUT2D eigenvalue weighted by Crippen LogP contribution is -2.72. The summed E-state index contributed by atoms with van der Waals surface area (Å²) >= 11 is 6.97. The Labute approximate surface area is 189 Å². The third-order valence-electron chi connectivity index (χ3n) is 6.26. The summed E-state index contributed by atoms with van der Waals surface area (Å²) in [6.45, 7) is 9.58. The predicted molar refractivity (Wildman–Crippen MR) is 115 cm³/mol. The maximum absolute atomic E-state index is 13.1. The predicted octanol–water partition coefficient (Wildman–Crippen LogP) is 4.53. The summed E-state index contributed by atoms with van der Waals surface area (Å²) in [4.78, 5) is 14.9. The van der Waals surface area contributed by atoms with Crippen molar-refractivity contribution < 1.29 is 28.5 Å². The SMILES string of the molecule is CO[C@@]1(C)O[C@@H]2[C@@H](C=C(Br)Br)C3(CC3)N(C(=O)OC(C)(C)C)C[C@H]2O[C@]1(C)OC. The molecule has 7 nitrogen and oxygen atoms in total. The highest BCUT2D eigenvalue weighted by molar-refractivity contribution is 9.28. The topological polar surface area (TPSA) is 66.5 Å². The van der Waals surface area contributed by atoms with Crippen LogP contribution in [0, 0.1) is 5.92 Å². The second-order valence-corrected chi connectivity index (χ2v) is 12.0. The zero-order valence-corrected chi connectivity index (χ0v) is 21.3. The van der Waals surface area contributed by atoms with Crippen LogP contribution in [0.15, 0.2) is 9.47 Å². The van der Waals surface area contributed by atoms with Crippen LogP contribution in [0.25, 0.3) is 0 Å². The van der Waals surface area contributed by atoms with E-state index < -0.39 is 23.3 Å². The van der Waals surface area contributed by atoms with Crippen LogP contribution < -0.4 is 0 Å². The van der Waals surface area contributed by atoms with Gasteiger partial charge in [-0.1, -0.05) is 6.08 Å². The van der Waals surface area contributed by atoms with Crippen LogP contribution in [-0.2, 0) is 23.7 Å². The number of ether oxygens (including phenoxy) is 5. The quantitative estimate of drug-likeness (QED) is 0.524. The summed E-state index contributed by atoms with van der Waals surface area (Å²) in [7, 11) is 3.14. The van der Waals surface area contributed by atoms with E-state index in [0.29, 0.717) is 6.54 Å². The van der Waals surface area contributed by atoms with Gasteiger partial charge in [-0.25, -0.2) is 4.79 Å². The molecule has 1 aliphatic carbocycles. The fourth-order valence-corrected chi connectivity index (χ4v) is 4.93. The monoisotopic (exact) mass is 539 g/mol. The molecule has 1 spiro atoms. The van der Waals surface area contributed by atoms with Crippen molar-refractivity contribution in [1.29, 1.82) is 0 Å². The highest BCUT2D eigenvalue weighted by Gasteiger charge is 2.68. The normalized spacial score (nSPS) is 38.4. The van der Waals surface area contributed by atoms with Gasteiger partial charge >= 0.3 is 6.09 Å². The molecule has 0 N–H and O–H groups in total. The minimum atomic E-state index is -1.13. The van der Waals surface area contributed by atoms with Crippen LogP contribution >= 0.6 is 31.9 Å². The van der Waals surface area contributed by atoms with Crippen LogP contribution in [0.1, 0.15) is 47.5 Å². The van der Waals surface area contributed by atoms with Gasteiger partial charge in [0.1, 0.15) is 11.7 Å². The number of hydrogen-bond acceptors (Lipinski definition) is 6. The Bertz CT molecular complexity index is 687. The van der Waals surface area contributed by atoms with E-state index in [1.807, 2.05) is 38.7 Å². The fourth-order valence-electron chi connectivity index (χ4n) is 4.36. The first-order valence-electron chi connectivity index (χ1n) is 9.80. The number of piperidine rings is 1. The van der Waals surface area contributed by atoms with Gasteiger partial charge in [-0.2, -0.15) is 0 Å². The Kier molecular flexibility index (Phi) is 6.27. The van der Waals surface area contributed by atoms with Crippen molar-refractivity contribution in [1.82, 2.24) is 4.90 Å². The van der Waals surface area contributed by atoms with E-state index in [-0.39, 0.29) is 23.7 Å². The van der Waals surface area contributed by atoms with Gasteiger partial charge in [-0.3, -0.25) is 4.90 Å². The highest BCUT2D eigenvalue weighted by atomic mass is 79.9. The molecule has 0 aromatic rings. The Morgan fingerprint density at radius 2 is 1.66 bits per heavy atom. The molecular formula is C20H31Br2NO6. The van der Waals surface area contributed by atoms with Crippen molar-refractivity contribution in [2.24, 2.45) is 5.92 Å². The van der Waals surface area contributed by atoms with Gasteiger partial charge in [0.2, 0.25) is 11.6 Å². The summed E-state index contributed by atoms with van der Waals surface area (Å²) in [5.41, 5.74) is -0.944. The van der Waals surface area contributed by atoms with Gasteiger partial charge in [-0.15, -0.1) is 0 Å². The van der Waals surface area contributed by atoms with Crippen molar-refractivity contribution >= 4 is 38.0 Å². The lowest BCUT2D eigenvalue weighted by molar-refractivity contribution is -0.456. The van der Waals surface area contributed by atoms with Crippen LogP contribution in [0.5, 0.6) is 0 Å². The van der Waals surface area contributed by atoms with E-state index in [2.05, 4.69) is 31.9 Å². The molecule has 2 saturated heterocycles. The molecule has 1 saturated carbocycles. The number of carbonyl (C=O) groups excluding carboxylic acids is 1. The number of hydrogen-bond donors (Lipinski definition) is 0. The van der Waals surface area contributed by atoms with Gasteiger partial charge in [0.15, 0.2) is 0 Å². The van der Waals surface area contributed by atoms with Crippen molar-refractivity contribution in [3.63, 3.8) is 0 Å². The standard InChI is InChI=1S/C20H31Br2NO6/c1-17(2,3)29-16(24)23-11-13-15(12(10-14(21)22)20(23)8-9-20)28-19(5,26-7)18(4,25-6)27-13/h10,12-13,15H,8-9,11H2,1-7H3/t12-,13-,15-,18+,19+/m1/s1. The zero-order chi connectivity index (χ0) is 21.8. The summed E-state index contributed by atoms with van der Waals surface area (Å²) < 4.78 is 30.8. The molecule has 5 atom stereocenters. The Morgan fingerprint density at radius 1 is 1.10 bits per heavy atom. The third kappa shape index (κ3) is 4.15. The Morgan fingerprint density at radius 3 is 2.10 bits per heavy atom. The maximum atomic E-state index is 13.1. The van der Waals surface area contributed by atoms with E-state index in [0.717, 1.165) is 16.2 Å². The second kappa shape index (κ2) is 7.74. The van der Waals surface area contributed by atoms with Crippen LogP contribution in [0.4, 0.5) is 4.79 Å². The molecule has 0 unspecified atom stereocenters. The first kappa shape index (κ1) is 23.5. The number of amides is 1. The van der Waals surface area contributed by atoms with E-state index in [4.69, 9.17) is 23.7 Å². The number of halogens is 2. The molecule has 3 rings (SSSR count). The summed E-state index contributed by atoms with van der Waals surface area (Å²) in [5, 5.41) is 0. The van der Waals surface area contributed by atoms with Crippen molar-refractivity contribution in [3.05, 3.63) is 9.47 Å². The molecular weight excluding hydrogens is 510 g/mol. The van der Waals surface area contributed by atoms with Crippen LogP contribution in [0.3, 0.4) is 0 Å². The smallest absolute Gasteiger partial charge is 0.410 e. The molecule has 3 fully saturated rings. The molecule has 0 radical (unpaired) electrons. The second-order valence-electron chi connectivity index (χ2n) is 9.22. The fraction of sp³-hybridized carbons (Fsp3) is 0.850. The van der Waals surface area contributed by atoms with E-state index in [1.54, 1.807) is 21.1 Å². The van der Waals surface area contributed by atoms with Crippen molar-refractivity contribution in [2.75, 3.05) is 20.8 Å². The molecule has 29 heavy (non-hydrogen) atoms.